The highest BCUT2D eigenvalue weighted by atomic mass is 16.1. The maximum absolute atomic E-state index is 11.4. The van der Waals surface area contributed by atoms with Gasteiger partial charge in [0.2, 0.25) is 5.91 Å². The van der Waals surface area contributed by atoms with E-state index in [1.54, 1.807) is 12.1 Å². The van der Waals surface area contributed by atoms with Crippen molar-refractivity contribution < 1.29 is 4.79 Å². The van der Waals surface area contributed by atoms with Crippen molar-refractivity contribution in [2.45, 2.75) is 26.3 Å². The Labute approximate surface area is 136 Å². The van der Waals surface area contributed by atoms with Crippen LogP contribution in [0.2, 0.25) is 0 Å². The van der Waals surface area contributed by atoms with Crippen molar-refractivity contribution in [2.24, 2.45) is 10.8 Å². The fourth-order valence-corrected chi connectivity index (χ4v) is 2.85. The van der Waals surface area contributed by atoms with E-state index in [0.29, 0.717) is 6.42 Å². The SMILES string of the molecule is Cc1ccc(-c2ccc(C3=NN(C)C(C(N)=O)C3)cc2)cc1C. The molecule has 23 heavy (non-hydrogen) atoms. The Morgan fingerprint density at radius 2 is 1.65 bits per heavy atom. The predicted octanol–water partition coefficient (Wildman–Crippen LogP) is 2.86. The summed E-state index contributed by atoms with van der Waals surface area (Å²) >= 11 is 0. The van der Waals surface area contributed by atoms with Gasteiger partial charge in [0.05, 0.1) is 5.71 Å². The third-order valence-corrected chi connectivity index (χ3v) is 4.50. The average molecular weight is 307 g/mol. The van der Waals surface area contributed by atoms with Crippen LogP contribution in [0.4, 0.5) is 0 Å². The highest BCUT2D eigenvalue weighted by Crippen LogP contribution is 2.24. The third-order valence-electron chi connectivity index (χ3n) is 4.50. The van der Waals surface area contributed by atoms with Crippen LogP contribution in [0.25, 0.3) is 11.1 Å². The molecule has 118 valence electrons. The number of carbonyl (C=O) groups excluding carboxylic acids is 1. The summed E-state index contributed by atoms with van der Waals surface area (Å²) in [7, 11) is 1.78. The number of likely N-dealkylation sites (N-methyl/N-ethyl adjacent to an activating group) is 1. The summed E-state index contributed by atoms with van der Waals surface area (Å²) in [6, 6.07) is 14.5. The number of hydrogen-bond donors (Lipinski definition) is 1. The first kappa shape index (κ1) is 15.3. The minimum Gasteiger partial charge on any atom is -0.368 e. The van der Waals surface area contributed by atoms with Gasteiger partial charge in [-0.25, -0.2) is 0 Å². The first-order chi connectivity index (χ1) is 11.0. The molecule has 0 fully saturated rings. The van der Waals surface area contributed by atoms with Crippen LogP contribution >= 0.6 is 0 Å². The molecule has 1 heterocycles. The molecule has 1 atom stereocenters. The Balaban J connectivity index is 1.84. The standard InChI is InChI=1S/C19H21N3O/c1-12-4-5-16(10-13(12)2)14-6-8-15(9-7-14)17-11-18(19(20)23)22(3)21-17/h4-10,18H,11H2,1-3H3,(H2,20,23). The van der Waals surface area contributed by atoms with Gasteiger partial charge in [-0.2, -0.15) is 5.10 Å². The van der Waals surface area contributed by atoms with Crippen LogP contribution in [0.5, 0.6) is 0 Å². The van der Waals surface area contributed by atoms with Gasteiger partial charge in [0.1, 0.15) is 6.04 Å². The van der Waals surface area contributed by atoms with Gasteiger partial charge in [-0.3, -0.25) is 9.80 Å². The minimum atomic E-state index is -0.343. The summed E-state index contributed by atoms with van der Waals surface area (Å²) in [6.45, 7) is 4.24. The van der Waals surface area contributed by atoms with Gasteiger partial charge in [0.25, 0.3) is 0 Å². The van der Waals surface area contributed by atoms with Gasteiger partial charge < -0.3 is 5.73 Å². The summed E-state index contributed by atoms with van der Waals surface area (Å²) < 4.78 is 0. The quantitative estimate of drug-likeness (QED) is 0.948. The summed E-state index contributed by atoms with van der Waals surface area (Å²) in [4.78, 5) is 11.4. The van der Waals surface area contributed by atoms with Gasteiger partial charge in [-0.15, -0.1) is 0 Å². The molecule has 0 spiro atoms. The van der Waals surface area contributed by atoms with Crippen molar-refractivity contribution in [3.63, 3.8) is 0 Å². The lowest BCUT2D eigenvalue weighted by atomic mass is 9.97. The second kappa shape index (κ2) is 5.88. The highest BCUT2D eigenvalue weighted by molar-refractivity contribution is 6.04. The molecule has 1 aliphatic rings. The molecule has 2 N–H and O–H groups in total. The first-order valence-corrected chi connectivity index (χ1v) is 7.73. The van der Waals surface area contributed by atoms with Crippen LogP contribution in [0.3, 0.4) is 0 Å². The maximum atomic E-state index is 11.4. The average Bonchev–Trinajstić information content (AvgIpc) is 2.92. The van der Waals surface area contributed by atoms with E-state index in [4.69, 9.17) is 5.73 Å². The van der Waals surface area contributed by atoms with E-state index in [9.17, 15) is 4.79 Å². The number of hydrogen-bond acceptors (Lipinski definition) is 3. The zero-order chi connectivity index (χ0) is 16.6. The lowest BCUT2D eigenvalue weighted by Crippen LogP contribution is -2.36. The molecule has 0 aliphatic carbocycles. The van der Waals surface area contributed by atoms with Gasteiger partial charge in [-0.05, 0) is 41.7 Å². The normalized spacial score (nSPS) is 17.3. The number of nitrogens with two attached hydrogens (primary N) is 1. The Morgan fingerprint density at radius 1 is 1.04 bits per heavy atom. The lowest BCUT2D eigenvalue weighted by molar-refractivity contribution is -0.122. The zero-order valence-corrected chi connectivity index (χ0v) is 13.7. The van der Waals surface area contributed by atoms with Crippen LogP contribution < -0.4 is 5.73 Å². The number of carbonyl (C=O) groups is 1. The Hall–Kier alpha value is -2.62. The van der Waals surface area contributed by atoms with Crippen molar-refractivity contribution in [2.75, 3.05) is 7.05 Å². The molecule has 0 saturated carbocycles. The molecule has 4 nitrogen and oxygen atoms in total. The molecule has 1 aliphatic heterocycles. The van der Waals surface area contributed by atoms with Crippen LogP contribution in [0, 0.1) is 13.8 Å². The second-order valence-corrected chi connectivity index (χ2v) is 6.12. The Bertz CT molecular complexity index is 778. The largest absolute Gasteiger partial charge is 0.368 e. The summed E-state index contributed by atoms with van der Waals surface area (Å²) in [5.74, 6) is -0.335. The number of nitrogens with zero attached hydrogens (tertiary/aromatic N) is 2. The monoisotopic (exact) mass is 307 g/mol. The smallest absolute Gasteiger partial charge is 0.242 e. The van der Waals surface area contributed by atoms with Crippen molar-refractivity contribution in [3.05, 3.63) is 59.2 Å². The summed E-state index contributed by atoms with van der Waals surface area (Å²) in [5.41, 5.74) is 12.3. The minimum absolute atomic E-state index is 0.335. The number of primary amides is 1. The molecule has 2 aromatic rings. The Morgan fingerprint density at radius 3 is 2.22 bits per heavy atom. The fourth-order valence-electron chi connectivity index (χ4n) is 2.85. The molecule has 0 aromatic heterocycles. The number of amides is 1. The third kappa shape index (κ3) is 2.97. The van der Waals surface area contributed by atoms with Gasteiger partial charge in [0.15, 0.2) is 0 Å². The van der Waals surface area contributed by atoms with E-state index in [2.05, 4.69) is 61.4 Å². The van der Waals surface area contributed by atoms with Crippen molar-refractivity contribution in [3.8, 4) is 11.1 Å². The molecule has 0 bridgehead atoms. The van der Waals surface area contributed by atoms with Crippen LogP contribution in [0.15, 0.2) is 47.6 Å². The Kier molecular flexibility index (Phi) is 3.90. The van der Waals surface area contributed by atoms with Crippen molar-refractivity contribution in [1.82, 2.24) is 5.01 Å². The molecule has 1 unspecified atom stereocenters. The van der Waals surface area contributed by atoms with E-state index in [-0.39, 0.29) is 11.9 Å². The second-order valence-electron chi connectivity index (χ2n) is 6.12. The van der Waals surface area contributed by atoms with E-state index in [1.165, 1.54) is 22.3 Å². The summed E-state index contributed by atoms with van der Waals surface area (Å²) in [6.07, 6.45) is 0.564. The number of aryl methyl sites for hydroxylation is 2. The molecule has 1 amide bonds. The topological polar surface area (TPSA) is 58.7 Å². The predicted molar refractivity (Wildman–Crippen MR) is 93.3 cm³/mol. The van der Waals surface area contributed by atoms with Gasteiger partial charge in [-0.1, -0.05) is 42.5 Å². The number of rotatable bonds is 3. The summed E-state index contributed by atoms with van der Waals surface area (Å²) in [5, 5.41) is 6.09. The zero-order valence-electron chi connectivity index (χ0n) is 13.7. The van der Waals surface area contributed by atoms with E-state index in [0.717, 1.165) is 11.3 Å². The molecule has 2 aromatic carbocycles. The van der Waals surface area contributed by atoms with Gasteiger partial charge in [0, 0.05) is 13.5 Å². The van der Waals surface area contributed by atoms with E-state index < -0.39 is 0 Å². The molecule has 4 heteroatoms. The van der Waals surface area contributed by atoms with E-state index in [1.807, 2.05) is 0 Å². The van der Waals surface area contributed by atoms with Gasteiger partial charge >= 0.3 is 0 Å². The fraction of sp³-hybridized carbons (Fsp3) is 0.263. The van der Waals surface area contributed by atoms with E-state index >= 15 is 0 Å². The number of benzene rings is 2. The van der Waals surface area contributed by atoms with Crippen molar-refractivity contribution >= 4 is 11.6 Å². The number of hydrazone groups is 1. The molecule has 0 saturated heterocycles. The maximum Gasteiger partial charge on any atom is 0.242 e. The molecule has 3 rings (SSSR count). The molecular weight excluding hydrogens is 286 g/mol. The van der Waals surface area contributed by atoms with Crippen LogP contribution in [-0.2, 0) is 4.79 Å². The lowest BCUT2D eigenvalue weighted by Gasteiger charge is -2.13. The molecular formula is C19H21N3O. The highest BCUT2D eigenvalue weighted by Gasteiger charge is 2.28. The first-order valence-electron chi connectivity index (χ1n) is 7.73. The van der Waals surface area contributed by atoms with Crippen molar-refractivity contribution in [1.29, 1.82) is 0 Å². The molecule has 0 radical (unpaired) electrons. The van der Waals surface area contributed by atoms with Crippen LogP contribution in [0.1, 0.15) is 23.1 Å². The van der Waals surface area contributed by atoms with Crippen LogP contribution in [-0.4, -0.2) is 29.7 Å².